The molecular formula is C19H21N3O4S. The number of anilines is 1. The number of piperidine rings is 1. The van der Waals surface area contributed by atoms with Crippen molar-refractivity contribution in [3.8, 4) is 0 Å². The number of carboxylic acid groups (broad SMARTS) is 1. The number of rotatable bonds is 4. The summed E-state index contributed by atoms with van der Waals surface area (Å²) in [6.07, 6.45) is 0.950. The molecule has 7 nitrogen and oxygen atoms in total. The number of aliphatic carboxylic acids is 1. The minimum absolute atomic E-state index is 0.120. The lowest BCUT2D eigenvalue weighted by Gasteiger charge is -2.30. The smallest absolute Gasteiger partial charge is 0.306 e. The van der Waals surface area contributed by atoms with E-state index in [4.69, 9.17) is 5.11 Å². The second kappa shape index (κ2) is 7.87. The normalized spacial score (nSPS) is 14.8. The van der Waals surface area contributed by atoms with Crippen LogP contribution in [0.5, 0.6) is 0 Å². The van der Waals surface area contributed by atoms with Gasteiger partial charge in [-0.1, -0.05) is 0 Å². The molecule has 2 aromatic rings. The Bertz CT molecular complexity index is 868. The van der Waals surface area contributed by atoms with E-state index in [9.17, 15) is 14.4 Å². The van der Waals surface area contributed by atoms with E-state index < -0.39 is 5.97 Å². The van der Waals surface area contributed by atoms with Crippen molar-refractivity contribution in [2.24, 2.45) is 5.92 Å². The highest BCUT2D eigenvalue weighted by molar-refractivity contribution is 7.13. The lowest BCUT2D eigenvalue weighted by Crippen LogP contribution is -2.40. The molecule has 0 atom stereocenters. The van der Waals surface area contributed by atoms with E-state index in [1.165, 1.54) is 11.3 Å². The number of amides is 2. The van der Waals surface area contributed by atoms with Crippen LogP contribution in [0.2, 0.25) is 0 Å². The average molecular weight is 387 g/mol. The summed E-state index contributed by atoms with van der Waals surface area (Å²) < 4.78 is 0. The van der Waals surface area contributed by atoms with E-state index in [1.54, 1.807) is 36.1 Å². The zero-order chi connectivity index (χ0) is 19.6. The first kappa shape index (κ1) is 19.0. The molecule has 0 unspecified atom stereocenters. The quantitative estimate of drug-likeness (QED) is 0.840. The van der Waals surface area contributed by atoms with E-state index >= 15 is 0 Å². The number of aryl methyl sites for hydroxylation is 2. The van der Waals surface area contributed by atoms with Crippen LogP contribution in [-0.4, -0.2) is 45.9 Å². The largest absolute Gasteiger partial charge is 0.481 e. The molecule has 2 heterocycles. The molecular weight excluding hydrogens is 366 g/mol. The summed E-state index contributed by atoms with van der Waals surface area (Å²) in [6, 6.07) is 6.73. The highest BCUT2D eigenvalue weighted by Gasteiger charge is 2.27. The van der Waals surface area contributed by atoms with Gasteiger partial charge in [-0.3, -0.25) is 14.4 Å². The fourth-order valence-electron chi connectivity index (χ4n) is 3.14. The first-order chi connectivity index (χ1) is 12.8. The van der Waals surface area contributed by atoms with Crippen molar-refractivity contribution in [1.29, 1.82) is 0 Å². The van der Waals surface area contributed by atoms with Gasteiger partial charge in [-0.2, -0.15) is 0 Å². The molecule has 1 saturated heterocycles. The lowest BCUT2D eigenvalue weighted by molar-refractivity contribution is -0.143. The van der Waals surface area contributed by atoms with Crippen LogP contribution in [0, 0.1) is 19.8 Å². The van der Waals surface area contributed by atoms with E-state index in [-0.39, 0.29) is 17.7 Å². The van der Waals surface area contributed by atoms with Crippen LogP contribution in [0.3, 0.4) is 0 Å². The molecule has 0 spiro atoms. The second-order valence-corrected chi connectivity index (χ2v) is 7.79. The van der Waals surface area contributed by atoms with E-state index in [1.807, 2.05) is 6.92 Å². The number of carboxylic acids is 1. The predicted octanol–water partition coefficient (Wildman–Crippen LogP) is 2.95. The number of aromatic nitrogens is 1. The Kier molecular flexibility index (Phi) is 5.55. The van der Waals surface area contributed by atoms with Crippen molar-refractivity contribution in [3.63, 3.8) is 0 Å². The molecule has 3 rings (SSSR count). The minimum Gasteiger partial charge on any atom is -0.481 e. The van der Waals surface area contributed by atoms with Gasteiger partial charge in [0.1, 0.15) is 4.88 Å². The Hall–Kier alpha value is -2.74. The molecule has 1 aromatic carbocycles. The Labute approximate surface area is 161 Å². The summed E-state index contributed by atoms with van der Waals surface area (Å²) in [7, 11) is 0. The number of benzene rings is 1. The van der Waals surface area contributed by atoms with Gasteiger partial charge in [0.05, 0.1) is 16.6 Å². The predicted molar refractivity (Wildman–Crippen MR) is 102 cm³/mol. The van der Waals surface area contributed by atoms with Crippen molar-refractivity contribution in [1.82, 2.24) is 9.88 Å². The van der Waals surface area contributed by atoms with E-state index in [0.29, 0.717) is 47.8 Å². The highest BCUT2D eigenvalue weighted by atomic mass is 32.1. The third-order valence-corrected chi connectivity index (χ3v) is 5.70. The molecule has 2 N–H and O–H groups in total. The van der Waals surface area contributed by atoms with Gasteiger partial charge in [0.15, 0.2) is 0 Å². The summed E-state index contributed by atoms with van der Waals surface area (Å²) in [4.78, 5) is 42.4. The van der Waals surface area contributed by atoms with E-state index in [2.05, 4.69) is 10.3 Å². The molecule has 0 aliphatic carbocycles. The maximum Gasteiger partial charge on any atom is 0.306 e. The van der Waals surface area contributed by atoms with Crippen LogP contribution < -0.4 is 5.32 Å². The van der Waals surface area contributed by atoms with Crippen LogP contribution in [0.1, 0.15) is 43.6 Å². The summed E-state index contributed by atoms with van der Waals surface area (Å²) in [5, 5.41) is 12.7. The summed E-state index contributed by atoms with van der Waals surface area (Å²) in [5.74, 6) is -1.50. The molecule has 142 valence electrons. The monoisotopic (exact) mass is 387 g/mol. The zero-order valence-corrected chi connectivity index (χ0v) is 16.0. The molecule has 8 heteroatoms. The Morgan fingerprint density at radius 2 is 1.78 bits per heavy atom. The van der Waals surface area contributed by atoms with Crippen molar-refractivity contribution in [2.75, 3.05) is 18.4 Å². The Morgan fingerprint density at radius 3 is 2.30 bits per heavy atom. The van der Waals surface area contributed by atoms with Crippen LogP contribution in [-0.2, 0) is 4.79 Å². The first-order valence-corrected chi connectivity index (χ1v) is 9.54. The number of carbonyl (C=O) groups is 3. The molecule has 1 fully saturated rings. The van der Waals surface area contributed by atoms with E-state index in [0.717, 1.165) is 5.01 Å². The molecule has 2 amide bonds. The zero-order valence-electron chi connectivity index (χ0n) is 15.2. The van der Waals surface area contributed by atoms with Gasteiger partial charge in [-0.25, -0.2) is 4.98 Å². The van der Waals surface area contributed by atoms with Crippen molar-refractivity contribution in [3.05, 3.63) is 45.4 Å². The third-order valence-electron chi connectivity index (χ3n) is 4.63. The number of nitrogens with zero attached hydrogens (tertiary/aromatic N) is 2. The van der Waals surface area contributed by atoms with Gasteiger partial charge in [-0.05, 0) is 51.0 Å². The Morgan fingerprint density at radius 1 is 1.15 bits per heavy atom. The molecule has 0 saturated carbocycles. The standard InChI is InChI=1S/C19H21N3O4S/c1-11-16(27-12(2)20-11)17(23)21-15-5-3-13(4-6-15)18(24)22-9-7-14(8-10-22)19(25)26/h3-6,14H,7-10H2,1-2H3,(H,21,23)(H,25,26). The number of carbonyl (C=O) groups excluding carboxylic acids is 2. The molecule has 1 aromatic heterocycles. The number of likely N-dealkylation sites (tertiary alicyclic amines) is 1. The fraction of sp³-hybridized carbons (Fsp3) is 0.368. The number of hydrogen-bond donors (Lipinski definition) is 2. The topological polar surface area (TPSA) is 99.6 Å². The maximum atomic E-state index is 12.6. The molecule has 0 radical (unpaired) electrons. The van der Waals surface area contributed by atoms with Gasteiger partial charge < -0.3 is 15.3 Å². The van der Waals surface area contributed by atoms with Crippen LogP contribution in [0.4, 0.5) is 5.69 Å². The van der Waals surface area contributed by atoms with Crippen LogP contribution in [0.25, 0.3) is 0 Å². The summed E-state index contributed by atoms with van der Waals surface area (Å²) in [5.41, 5.74) is 1.82. The molecule has 1 aliphatic rings. The number of thiazole rings is 1. The Balaban J connectivity index is 1.62. The average Bonchev–Trinajstić information content (AvgIpc) is 3.00. The summed E-state index contributed by atoms with van der Waals surface area (Å²) >= 11 is 1.34. The SMILES string of the molecule is Cc1nc(C)c(C(=O)Nc2ccc(C(=O)N3CCC(C(=O)O)CC3)cc2)s1. The van der Waals surface area contributed by atoms with Gasteiger partial charge in [0.2, 0.25) is 0 Å². The molecule has 0 bridgehead atoms. The van der Waals surface area contributed by atoms with Crippen LogP contribution >= 0.6 is 11.3 Å². The van der Waals surface area contributed by atoms with Gasteiger partial charge >= 0.3 is 5.97 Å². The molecule has 27 heavy (non-hydrogen) atoms. The molecule has 1 aliphatic heterocycles. The minimum atomic E-state index is -0.798. The van der Waals surface area contributed by atoms with Gasteiger partial charge in [0.25, 0.3) is 11.8 Å². The fourth-order valence-corrected chi connectivity index (χ4v) is 3.95. The third kappa shape index (κ3) is 4.33. The van der Waals surface area contributed by atoms with Crippen molar-refractivity contribution >= 4 is 34.8 Å². The maximum absolute atomic E-state index is 12.6. The van der Waals surface area contributed by atoms with Gasteiger partial charge in [0, 0.05) is 24.3 Å². The van der Waals surface area contributed by atoms with Gasteiger partial charge in [-0.15, -0.1) is 11.3 Å². The first-order valence-electron chi connectivity index (χ1n) is 8.72. The lowest BCUT2D eigenvalue weighted by atomic mass is 9.96. The second-order valence-electron chi connectivity index (χ2n) is 6.58. The summed E-state index contributed by atoms with van der Waals surface area (Å²) in [6.45, 7) is 4.54. The van der Waals surface area contributed by atoms with Crippen molar-refractivity contribution in [2.45, 2.75) is 26.7 Å². The number of hydrogen-bond acceptors (Lipinski definition) is 5. The highest BCUT2D eigenvalue weighted by Crippen LogP contribution is 2.21. The number of nitrogens with one attached hydrogen (secondary N) is 1. The van der Waals surface area contributed by atoms with Crippen molar-refractivity contribution < 1.29 is 19.5 Å². The van der Waals surface area contributed by atoms with Crippen LogP contribution in [0.15, 0.2) is 24.3 Å².